The van der Waals surface area contributed by atoms with E-state index < -0.39 is 11.0 Å². The third kappa shape index (κ3) is 1.87. The minimum atomic E-state index is -0.548. The van der Waals surface area contributed by atoms with Crippen LogP contribution in [0.25, 0.3) is 0 Å². The van der Waals surface area contributed by atoms with E-state index in [0.717, 1.165) is 32.2 Å². The molecular formula is C15H23NO3. The molecular weight excluding hydrogens is 242 g/mol. The Bertz CT molecular complexity index is 416. The zero-order valence-electron chi connectivity index (χ0n) is 12.0. The van der Waals surface area contributed by atoms with Gasteiger partial charge in [0.1, 0.15) is 5.60 Å². The molecule has 4 nitrogen and oxygen atoms in total. The minimum absolute atomic E-state index is 0.0697. The summed E-state index contributed by atoms with van der Waals surface area (Å²) in [4.78, 5) is 24.8. The SMILES string of the molecule is CC(C)(C)OC(=O)C12CCC(CC1)C1CNC(=O)C12. The molecule has 1 amide bonds. The van der Waals surface area contributed by atoms with Crippen molar-refractivity contribution >= 4 is 11.9 Å². The Balaban J connectivity index is 1.92. The third-order valence-corrected chi connectivity index (χ3v) is 5.15. The number of esters is 1. The quantitative estimate of drug-likeness (QED) is 0.736. The maximum Gasteiger partial charge on any atom is 0.313 e. The summed E-state index contributed by atoms with van der Waals surface area (Å²) >= 11 is 0. The first-order valence-electron chi connectivity index (χ1n) is 7.35. The summed E-state index contributed by atoms with van der Waals surface area (Å²) in [6.45, 7) is 6.42. The molecule has 4 rings (SSSR count). The first-order valence-corrected chi connectivity index (χ1v) is 7.35. The van der Waals surface area contributed by atoms with Crippen LogP contribution in [0.3, 0.4) is 0 Å². The molecule has 3 saturated carbocycles. The average molecular weight is 265 g/mol. The number of fused-ring (bicyclic) bond motifs is 2. The van der Waals surface area contributed by atoms with Crippen LogP contribution < -0.4 is 5.32 Å². The highest BCUT2D eigenvalue weighted by Crippen LogP contribution is 2.58. The van der Waals surface area contributed by atoms with Crippen LogP contribution in [0.15, 0.2) is 0 Å². The van der Waals surface area contributed by atoms with Crippen LogP contribution in [0.1, 0.15) is 46.5 Å². The van der Waals surface area contributed by atoms with Crippen molar-refractivity contribution in [1.82, 2.24) is 5.32 Å². The summed E-state index contributed by atoms with van der Waals surface area (Å²) in [6.07, 6.45) is 3.77. The summed E-state index contributed by atoms with van der Waals surface area (Å²) < 4.78 is 5.63. The zero-order valence-corrected chi connectivity index (χ0v) is 12.0. The largest absolute Gasteiger partial charge is 0.460 e. The van der Waals surface area contributed by atoms with Crippen LogP contribution in [0.4, 0.5) is 0 Å². The molecule has 4 heteroatoms. The van der Waals surface area contributed by atoms with E-state index >= 15 is 0 Å². The van der Waals surface area contributed by atoms with Crippen LogP contribution in [0.5, 0.6) is 0 Å². The number of nitrogens with one attached hydrogen (secondary N) is 1. The van der Waals surface area contributed by atoms with Crippen LogP contribution in [0.2, 0.25) is 0 Å². The van der Waals surface area contributed by atoms with Crippen LogP contribution in [-0.2, 0) is 14.3 Å². The van der Waals surface area contributed by atoms with Crippen LogP contribution in [0, 0.1) is 23.2 Å². The lowest BCUT2D eigenvalue weighted by atomic mass is 9.51. The molecule has 1 heterocycles. The number of ether oxygens (including phenoxy) is 1. The van der Waals surface area contributed by atoms with Gasteiger partial charge in [0.15, 0.2) is 0 Å². The lowest BCUT2D eigenvalue weighted by molar-refractivity contribution is -0.185. The molecule has 0 aromatic carbocycles. The van der Waals surface area contributed by atoms with Crippen molar-refractivity contribution in [2.45, 2.75) is 52.1 Å². The topological polar surface area (TPSA) is 55.4 Å². The van der Waals surface area contributed by atoms with Crippen LogP contribution >= 0.6 is 0 Å². The molecule has 2 bridgehead atoms. The van der Waals surface area contributed by atoms with Gasteiger partial charge < -0.3 is 10.1 Å². The molecule has 4 fully saturated rings. The van der Waals surface area contributed by atoms with Gasteiger partial charge in [0.25, 0.3) is 0 Å². The first-order chi connectivity index (χ1) is 8.83. The monoisotopic (exact) mass is 265 g/mol. The molecule has 4 aliphatic rings. The fraction of sp³-hybridized carbons (Fsp3) is 0.867. The molecule has 3 aliphatic carbocycles. The van der Waals surface area contributed by atoms with Crippen molar-refractivity contribution in [3.63, 3.8) is 0 Å². The van der Waals surface area contributed by atoms with Gasteiger partial charge in [-0.05, 0) is 58.3 Å². The van der Waals surface area contributed by atoms with E-state index in [-0.39, 0.29) is 17.8 Å². The van der Waals surface area contributed by atoms with E-state index in [1.165, 1.54) is 0 Å². The van der Waals surface area contributed by atoms with E-state index in [1.807, 2.05) is 20.8 Å². The van der Waals surface area contributed by atoms with E-state index in [9.17, 15) is 9.59 Å². The number of amides is 1. The molecule has 0 aromatic rings. The fourth-order valence-corrected chi connectivity index (χ4v) is 4.35. The van der Waals surface area contributed by atoms with Crippen molar-refractivity contribution in [2.24, 2.45) is 23.2 Å². The number of hydrogen-bond donors (Lipinski definition) is 1. The second-order valence-corrected chi connectivity index (χ2v) is 7.38. The normalized spacial score (nSPS) is 40.8. The number of carbonyl (C=O) groups excluding carboxylic acids is 2. The van der Waals surface area contributed by atoms with Gasteiger partial charge in [0.2, 0.25) is 5.91 Å². The van der Waals surface area contributed by atoms with E-state index in [4.69, 9.17) is 4.74 Å². The Hall–Kier alpha value is -1.06. The Morgan fingerprint density at radius 2 is 1.95 bits per heavy atom. The van der Waals surface area contributed by atoms with Crippen molar-refractivity contribution in [3.05, 3.63) is 0 Å². The predicted molar refractivity (Wildman–Crippen MR) is 70.2 cm³/mol. The van der Waals surface area contributed by atoms with Gasteiger partial charge in [-0.1, -0.05) is 0 Å². The highest BCUT2D eigenvalue weighted by Gasteiger charge is 2.63. The van der Waals surface area contributed by atoms with Crippen molar-refractivity contribution in [3.8, 4) is 0 Å². The summed E-state index contributed by atoms with van der Waals surface area (Å²) in [6, 6.07) is 0. The lowest BCUT2D eigenvalue weighted by Gasteiger charge is -2.51. The molecule has 106 valence electrons. The summed E-state index contributed by atoms with van der Waals surface area (Å²) in [5, 5.41) is 2.96. The molecule has 1 saturated heterocycles. The smallest absolute Gasteiger partial charge is 0.313 e. The van der Waals surface area contributed by atoms with Crippen molar-refractivity contribution in [2.75, 3.05) is 6.54 Å². The van der Waals surface area contributed by atoms with Crippen LogP contribution in [-0.4, -0.2) is 24.0 Å². The number of rotatable bonds is 1. The molecule has 1 aliphatic heterocycles. The first kappa shape index (κ1) is 12.9. The molecule has 2 atom stereocenters. The highest BCUT2D eigenvalue weighted by atomic mass is 16.6. The van der Waals surface area contributed by atoms with Gasteiger partial charge in [-0.25, -0.2) is 0 Å². The van der Waals surface area contributed by atoms with E-state index in [2.05, 4.69) is 5.32 Å². The molecule has 19 heavy (non-hydrogen) atoms. The Labute approximate surface area is 114 Å². The summed E-state index contributed by atoms with van der Waals surface area (Å²) in [5.41, 5.74) is -1.03. The maximum atomic E-state index is 12.7. The minimum Gasteiger partial charge on any atom is -0.460 e. The molecule has 0 aromatic heterocycles. The van der Waals surface area contributed by atoms with Gasteiger partial charge in [0, 0.05) is 6.54 Å². The molecule has 2 unspecified atom stereocenters. The lowest BCUT2D eigenvalue weighted by Crippen LogP contribution is -2.55. The second kappa shape index (κ2) is 3.97. The van der Waals surface area contributed by atoms with Crippen molar-refractivity contribution < 1.29 is 14.3 Å². The standard InChI is InChI=1S/C15H23NO3/c1-14(2,3)19-13(18)15-6-4-9(5-7-15)10-8-16-12(17)11(10)15/h9-11H,4-8H2,1-3H3,(H,16,17). The van der Waals surface area contributed by atoms with E-state index in [1.54, 1.807) is 0 Å². The number of hydrogen-bond acceptors (Lipinski definition) is 3. The Morgan fingerprint density at radius 1 is 1.32 bits per heavy atom. The summed E-state index contributed by atoms with van der Waals surface area (Å²) in [7, 11) is 0. The summed E-state index contributed by atoms with van der Waals surface area (Å²) in [5.74, 6) is 0.746. The van der Waals surface area contributed by atoms with Gasteiger partial charge in [-0.3, -0.25) is 9.59 Å². The third-order valence-electron chi connectivity index (χ3n) is 5.15. The predicted octanol–water partition coefficient (Wildman–Crippen LogP) is 1.88. The Kier molecular flexibility index (Phi) is 2.70. The number of carbonyl (C=O) groups is 2. The second-order valence-electron chi connectivity index (χ2n) is 7.38. The highest BCUT2D eigenvalue weighted by molar-refractivity contribution is 5.90. The fourth-order valence-electron chi connectivity index (χ4n) is 4.35. The molecule has 1 N–H and O–H groups in total. The van der Waals surface area contributed by atoms with Gasteiger partial charge in [-0.15, -0.1) is 0 Å². The van der Waals surface area contributed by atoms with E-state index in [0.29, 0.717) is 11.8 Å². The maximum absolute atomic E-state index is 12.7. The molecule has 0 radical (unpaired) electrons. The Morgan fingerprint density at radius 3 is 2.53 bits per heavy atom. The molecule has 0 spiro atoms. The van der Waals surface area contributed by atoms with Crippen molar-refractivity contribution in [1.29, 1.82) is 0 Å². The zero-order chi connectivity index (χ0) is 13.8. The van der Waals surface area contributed by atoms with Gasteiger partial charge in [0.05, 0.1) is 11.3 Å². The van der Waals surface area contributed by atoms with Gasteiger partial charge >= 0.3 is 5.97 Å². The van der Waals surface area contributed by atoms with Gasteiger partial charge in [-0.2, -0.15) is 0 Å². The average Bonchev–Trinajstić information content (AvgIpc) is 2.73.